The van der Waals surface area contributed by atoms with Crippen LogP contribution in [0.15, 0.2) is 0 Å². The van der Waals surface area contributed by atoms with Crippen LogP contribution in [0.2, 0.25) is 0 Å². The Balaban J connectivity index is 3.25. The van der Waals surface area contributed by atoms with Crippen molar-refractivity contribution in [3.8, 4) is 0 Å². The lowest BCUT2D eigenvalue weighted by Crippen LogP contribution is -2.27. The van der Waals surface area contributed by atoms with Gasteiger partial charge in [-0.2, -0.15) is 0 Å². The molecule has 10 nitrogen and oxygen atoms in total. The number of alkyl carbamates (subject to hydrolysis) is 2. The number of unbranched alkanes of at least 4 members (excludes halogenated alkanes) is 5. The average molecular weight is 493 g/mol. The van der Waals surface area contributed by atoms with Gasteiger partial charge in [0.15, 0.2) is 0 Å². The van der Waals surface area contributed by atoms with E-state index < -0.39 is 12.2 Å². The number of ether oxygens (including phenoxy) is 6. The SMILES string of the molecule is CCCCOCCOCCOC(=O)NCCCCCCNC(=O)OCCOCCOCCCC. The van der Waals surface area contributed by atoms with Crippen LogP contribution in [-0.2, 0) is 28.4 Å². The van der Waals surface area contributed by atoms with Gasteiger partial charge in [-0.15, -0.1) is 0 Å². The largest absolute Gasteiger partial charge is 0.447 e. The molecule has 0 radical (unpaired) electrons. The number of rotatable bonds is 25. The summed E-state index contributed by atoms with van der Waals surface area (Å²) in [7, 11) is 0. The van der Waals surface area contributed by atoms with Gasteiger partial charge in [-0.1, -0.05) is 39.5 Å². The summed E-state index contributed by atoms with van der Waals surface area (Å²) in [6, 6.07) is 0. The van der Waals surface area contributed by atoms with Crippen molar-refractivity contribution < 1.29 is 38.0 Å². The fourth-order valence-electron chi connectivity index (χ4n) is 2.61. The van der Waals surface area contributed by atoms with Gasteiger partial charge in [0.05, 0.1) is 39.6 Å². The van der Waals surface area contributed by atoms with Gasteiger partial charge in [0.1, 0.15) is 13.2 Å². The minimum atomic E-state index is -0.430. The molecule has 2 N–H and O–H groups in total. The highest BCUT2D eigenvalue weighted by Crippen LogP contribution is 1.98. The third-order valence-corrected chi connectivity index (χ3v) is 4.59. The Morgan fingerprint density at radius 2 is 0.824 bits per heavy atom. The van der Waals surface area contributed by atoms with Crippen molar-refractivity contribution in [3.05, 3.63) is 0 Å². The molecule has 0 aromatic carbocycles. The first-order valence-electron chi connectivity index (χ1n) is 12.8. The first kappa shape index (κ1) is 32.4. The lowest BCUT2D eigenvalue weighted by Gasteiger charge is -2.09. The van der Waals surface area contributed by atoms with Crippen LogP contribution < -0.4 is 10.6 Å². The first-order valence-corrected chi connectivity index (χ1v) is 12.8. The number of carbonyl (C=O) groups excluding carboxylic acids is 2. The Bertz CT molecular complexity index is 415. The van der Waals surface area contributed by atoms with E-state index in [9.17, 15) is 9.59 Å². The maximum absolute atomic E-state index is 11.6. The predicted octanol–water partition coefficient (Wildman–Crippen LogP) is 3.67. The van der Waals surface area contributed by atoms with E-state index in [4.69, 9.17) is 28.4 Å². The fourth-order valence-corrected chi connectivity index (χ4v) is 2.61. The van der Waals surface area contributed by atoms with Crippen LogP contribution in [0, 0.1) is 0 Å². The van der Waals surface area contributed by atoms with Crippen molar-refractivity contribution in [2.45, 2.75) is 65.2 Å². The Labute approximate surface area is 205 Å². The molecule has 0 rings (SSSR count). The second kappa shape index (κ2) is 27.6. The Morgan fingerprint density at radius 3 is 1.21 bits per heavy atom. The van der Waals surface area contributed by atoms with Crippen LogP contribution in [0.5, 0.6) is 0 Å². The van der Waals surface area contributed by atoms with Crippen molar-refractivity contribution in [2.75, 3.05) is 79.2 Å². The van der Waals surface area contributed by atoms with E-state index in [0.29, 0.717) is 52.7 Å². The Hall–Kier alpha value is -1.62. The lowest BCUT2D eigenvalue weighted by atomic mass is 10.2. The quantitative estimate of drug-likeness (QED) is 0.186. The van der Waals surface area contributed by atoms with Crippen LogP contribution in [-0.4, -0.2) is 91.3 Å². The molecule has 34 heavy (non-hydrogen) atoms. The molecule has 0 bridgehead atoms. The minimum Gasteiger partial charge on any atom is -0.447 e. The van der Waals surface area contributed by atoms with E-state index in [1.807, 2.05) is 0 Å². The summed E-state index contributed by atoms with van der Waals surface area (Å²) in [5, 5.41) is 5.43. The number of nitrogens with one attached hydrogen (secondary N) is 2. The van der Waals surface area contributed by atoms with Gasteiger partial charge >= 0.3 is 12.2 Å². The summed E-state index contributed by atoms with van der Waals surface area (Å²) >= 11 is 0. The van der Waals surface area contributed by atoms with Gasteiger partial charge < -0.3 is 39.1 Å². The monoisotopic (exact) mass is 492 g/mol. The third-order valence-electron chi connectivity index (χ3n) is 4.59. The molecule has 0 saturated carbocycles. The van der Waals surface area contributed by atoms with E-state index in [1.165, 1.54) is 0 Å². The van der Waals surface area contributed by atoms with E-state index in [1.54, 1.807) is 0 Å². The molecule has 0 aliphatic heterocycles. The summed E-state index contributed by atoms with van der Waals surface area (Å²) in [6.07, 6.45) is 7.09. The van der Waals surface area contributed by atoms with E-state index in [0.717, 1.165) is 64.6 Å². The van der Waals surface area contributed by atoms with Gasteiger partial charge in [-0.05, 0) is 25.7 Å². The van der Waals surface area contributed by atoms with Gasteiger partial charge in [0, 0.05) is 26.3 Å². The van der Waals surface area contributed by atoms with Gasteiger partial charge in [0.2, 0.25) is 0 Å². The van der Waals surface area contributed by atoms with Crippen LogP contribution in [0.25, 0.3) is 0 Å². The molecule has 0 aromatic rings. The molecule has 0 atom stereocenters. The summed E-state index contributed by atoms with van der Waals surface area (Å²) in [4.78, 5) is 23.1. The molecule has 2 amide bonds. The zero-order valence-electron chi connectivity index (χ0n) is 21.4. The van der Waals surface area contributed by atoms with Gasteiger partial charge in [-0.25, -0.2) is 9.59 Å². The zero-order valence-corrected chi connectivity index (χ0v) is 21.4. The molecule has 0 aliphatic rings. The second-order valence-corrected chi connectivity index (χ2v) is 7.70. The molecule has 0 unspecified atom stereocenters. The number of hydrogen-bond donors (Lipinski definition) is 2. The maximum Gasteiger partial charge on any atom is 0.407 e. The second-order valence-electron chi connectivity index (χ2n) is 7.70. The van der Waals surface area contributed by atoms with Gasteiger partial charge in [0.25, 0.3) is 0 Å². The molecular weight excluding hydrogens is 444 g/mol. The zero-order chi connectivity index (χ0) is 25.0. The average Bonchev–Trinajstić information content (AvgIpc) is 2.83. The molecular formula is C24H48N2O8. The molecule has 0 saturated heterocycles. The summed E-state index contributed by atoms with van der Waals surface area (Å²) in [5.74, 6) is 0. The smallest absolute Gasteiger partial charge is 0.407 e. The van der Waals surface area contributed by atoms with Crippen LogP contribution in [0.3, 0.4) is 0 Å². The third kappa shape index (κ3) is 26.6. The normalized spacial score (nSPS) is 10.8. The van der Waals surface area contributed by atoms with E-state index >= 15 is 0 Å². The molecule has 0 heterocycles. The van der Waals surface area contributed by atoms with Crippen molar-refractivity contribution >= 4 is 12.2 Å². The summed E-state index contributed by atoms with van der Waals surface area (Å²) < 4.78 is 31.5. The van der Waals surface area contributed by atoms with Crippen LogP contribution in [0.4, 0.5) is 9.59 Å². The highest BCUT2D eigenvalue weighted by Gasteiger charge is 2.02. The highest BCUT2D eigenvalue weighted by molar-refractivity contribution is 5.67. The molecule has 10 heteroatoms. The van der Waals surface area contributed by atoms with Crippen LogP contribution >= 0.6 is 0 Å². The first-order chi connectivity index (χ1) is 16.7. The fraction of sp³-hybridized carbons (Fsp3) is 0.917. The number of hydrogen-bond acceptors (Lipinski definition) is 8. The standard InChI is InChI=1S/C24H48N2O8/c1-3-5-13-29-15-17-31-19-21-33-23(27)25-11-9-7-8-10-12-26-24(28)34-22-20-32-18-16-30-14-6-4-2/h3-22H2,1-2H3,(H,25,27)(H,26,28). The maximum atomic E-state index is 11.6. The highest BCUT2D eigenvalue weighted by atomic mass is 16.6. The minimum absolute atomic E-state index is 0.224. The number of amides is 2. The molecule has 202 valence electrons. The predicted molar refractivity (Wildman–Crippen MR) is 130 cm³/mol. The Kier molecular flexibility index (Phi) is 26.3. The Morgan fingerprint density at radius 1 is 0.471 bits per heavy atom. The molecule has 0 spiro atoms. The molecule has 0 aromatic heterocycles. The molecule has 0 fully saturated rings. The van der Waals surface area contributed by atoms with Crippen molar-refractivity contribution in [3.63, 3.8) is 0 Å². The van der Waals surface area contributed by atoms with Crippen LogP contribution in [0.1, 0.15) is 65.2 Å². The topological polar surface area (TPSA) is 114 Å². The summed E-state index contributed by atoms with van der Waals surface area (Å²) in [6.45, 7) is 10.2. The van der Waals surface area contributed by atoms with Gasteiger partial charge in [-0.3, -0.25) is 0 Å². The summed E-state index contributed by atoms with van der Waals surface area (Å²) in [5.41, 5.74) is 0. The van der Waals surface area contributed by atoms with E-state index in [2.05, 4.69) is 24.5 Å². The molecule has 0 aliphatic carbocycles. The number of carbonyl (C=O) groups is 2. The lowest BCUT2D eigenvalue weighted by molar-refractivity contribution is 0.0274. The van der Waals surface area contributed by atoms with Crippen molar-refractivity contribution in [1.82, 2.24) is 10.6 Å². The van der Waals surface area contributed by atoms with E-state index in [-0.39, 0.29) is 13.2 Å². The van der Waals surface area contributed by atoms with Crippen molar-refractivity contribution in [1.29, 1.82) is 0 Å². The van der Waals surface area contributed by atoms with Crippen molar-refractivity contribution in [2.24, 2.45) is 0 Å².